The van der Waals surface area contributed by atoms with Crippen molar-refractivity contribution in [2.45, 2.75) is 50.3 Å². The Morgan fingerprint density at radius 2 is 1.89 bits per heavy atom. The fourth-order valence-electron chi connectivity index (χ4n) is 3.21. The molecule has 0 aliphatic heterocycles. The van der Waals surface area contributed by atoms with Crippen LogP contribution in [0.3, 0.4) is 0 Å². The van der Waals surface area contributed by atoms with Gasteiger partial charge in [-0.3, -0.25) is 4.18 Å². The van der Waals surface area contributed by atoms with E-state index >= 15 is 0 Å². The number of hydrogen-bond acceptors (Lipinski definition) is 4. The van der Waals surface area contributed by atoms with Crippen molar-refractivity contribution in [1.29, 1.82) is 0 Å². The number of hydrogen-bond donors (Lipinski definition) is 1. The summed E-state index contributed by atoms with van der Waals surface area (Å²) in [4.78, 5) is 0. The van der Waals surface area contributed by atoms with Gasteiger partial charge in [-0.05, 0) is 30.6 Å². The van der Waals surface area contributed by atoms with E-state index in [-0.39, 0.29) is 18.8 Å². The van der Waals surface area contributed by atoms with Crippen molar-refractivity contribution in [3.05, 3.63) is 0 Å². The van der Waals surface area contributed by atoms with E-state index in [0.717, 1.165) is 0 Å². The molecule has 0 aromatic carbocycles. The SMILES string of the molecule is CC1(C)[C@@H]2CC[C@@](OS(=O)(=O)C(F)(F)F)(C2)[C@@H]1O. The highest BCUT2D eigenvalue weighted by Gasteiger charge is 2.66. The van der Waals surface area contributed by atoms with Crippen LogP contribution in [0.5, 0.6) is 0 Å². The standard InChI is InChI=1S/C10H15F3O4S/c1-8(2)6-3-4-9(5-6,7(8)14)17-18(15,16)10(11,12)13/h6-7,14H,3-5H2,1-2H3/t6-,7-,9-/m1/s1. The third-order valence-corrected chi connectivity index (χ3v) is 5.44. The van der Waals surface area contributed by atoms with Crippen molar-refractivity contribution in [2.75, 3.05) is 0 Å². The summed E-state index contributed by atoms with van der Waals surface area (Å²) in [5, 5.41) is 10.1. The Morgan fingerprint density at radius 1 is 1.33 bits per heavy atom. The number of aliphatic hydroxyl groups excluding tert-OH is 1. The Morgan fingerprint density at radius 3 is 2.28 bits per heavy atom. The molecular weight excluding hydrogens is 273 g/mol. The second kappa shape index (κ2) is 3.61. The molecule has 106 valence electrons. The summed E-state index contributed by atoms with van der Waals surface area (Å²) in [5.74, 6) is -0.0177. The van der Waals surface area contributed by atoms with Gasteiger partial charge in [0, 0.05) is 0 Å². The molecule has 4 nitrogen and oxygen atoms in total. The van der Waals surface area contributed by atoms with E-state index in [2.05, 4.69) is 4.18 Å². The Bertz CT molecular complexity index is 456. The quantitative estimate of drug-likeness (QED) is 0.621. The molecule has 2 saturated carbocycles. The summed E-state index contributed by atoms with van der Waals surface area (Å²) in [6.45, 7) is 3.43. The van der Waals surface area contributed by atoms with E-state index in [4.69, 9.17) is 0 Å². The van der Waals surface area contributed by atoms with Gasteiger partial charge in [0.25, 0.3) is 0 Å². The minimum Gasteiger partial charge on any atom is -0.389 e. The van der Waals surface area contributed by atoms with Crippen molar-refractivity contribution in [3.63, 3.8) is 0 Å². The first-order valence-electron chi connectivity index (χ1n) is 5.62. The van der Waals surface area contributed by atoms with Crippen LogP contribution < -0.4 is 0 Å². The van der Waals surface area contributed by atoms with Crippen LogP contribution in [0, 0.1) is 11.3 Å². The van der Waals surface area contributed by atoms with Crippen LogP contribution in [0.1, 0.15) is 33.1 Å². The van der Waals surface area contributed by atoms with Gasteiger partial charge in [0.15, 0.2) is 0 Å². The van der Waals surface area contributed by atoms with Crippen molar-refractivity contribution in [2.24, 2.45) is 11.3 Å². The van der Waals surface area contributed by atoms with Gasteiger partial charge in [-0.25, -0.2) is 0 Å². The lowest BCUT2D eigenvalue weighted by molar-refractivity contribution is -0.105. The van der Waals surface area contributed by atoms with Gasteiger partial charge in [0.1, 0.15) is 5.60 Å². The molecule has 2 aliphatic rings. The molecule has 0 aromatic rings. The molecule has 0 heterocycles. The Balaban J connectivity index is 2.31. The second-order valence-electron chi connectivity index (χ2n) is 5.71. The molecule has 0 amide bonds. The molecule has 18 heavy (non-hydrogen) atoms. The molecule has 8 heteroatoms. The van der Waals surface area contributed by atoms with E-state index in [1.165, 1.54) is 0 Å². The van der Waals surface area contributed by atoms with Gasteiger partial charge >= 0.3 is 15.6 Å². The lowest BCUT2D eigenvalue weighted by Crippen LogP contribution is -2.50. The zero-order valence-corrected chi connectivity index (χ0v) is 10.8. The topological polar surface area (TPSA) is 63.6 Å². The van der Waals surface area contributed by atoms with Gasteiger partial charge in [-0.15, -0.1) is 0 Å². The summed E-state index contributed by atoms with van der Waals surface area (Å²) in [6, 6.07) is 0. The van der Waals surface area contributed by atoms with Crippen molar-refractivity contribution in [1.82, 2.24) is 0 Å². The molecule has 2 aliphatic carbocycles. The molecule has 2 fully saturated rings. The van der Waals surface area contributed by atoms with Crippen LogP contribution in [0.2, 0.25) is 0 Å². The van der Waals surface area contributed by atoms with E-state index in [0.29, 0.717) is 6.42 Å². The number of aliphatic hydroxyl groups is 1. The number of halogens is 3. The zero-order chi connectivity index (χ0) is 14.0. The fraction of sp³-hybridized carbons (Fsp3) is 1.00. The van der Waals surface area contributed by atoms with Gasteiger partial charge in [0.05, 0.1) is 6.10 Å². The van der Waals surface area contributed by atoms with Crippen molar-refractivity contribution < 1.29 is 30.9 Å². The third-order valence-electron chi connectivity index (χ3n) is 4.32. The minimum absolute atomic E-state index is 0.0177. The maximum atomic E-state index is 12.3. The van der Waals surface area contributed by atoms with Gasteiger partial charge in [-0.2, -0.15) is 21.6 Å². The molecule has 0 unspecified atom stereocenters. The molecule has 2 bridgehead atoms. The number of alkyl halides is 3. The first-order chi connectivity index (χ1) is 7.92. The van der Waals surface area contributed by atoms with E-state index < -0.39 is 32.7 Å². The van der Waals surface area contributed by atoms with Crippen molar-refractivity contribution >= 4 is 10.1 Å². The smallest absolute Gasteiger partial charge is 0.389 e. The highest BCUT2D eigenvalue weighted by Crippen LogP contribution is 2.60. The fourth-order valence-corrected chi connectivity index (χ4v) is 3.99. The number of fused-ring (bicyclic) bond motifs is 2. The van der Waals surface area contributed by atoms with Crippen LogP contribution >= 0.6 is 0 Å². The summed E-state index contributed by atoms with van der Waals surface area (Å²) in [7, 11) is -5.67. The largest absolute Gasteiger partial charge is 0.523 e. The molecule has 1 N–H and O–H groups in total. The van der Waals surface area contributed by atoms with E-state index in [1.807, 2.05) is 0 Å². The van der Waals surface area contributed by atoms with Crippen LogP contribution in [0.15, 0.2) is 0 Å². The average molecular weight is 288 g/mol. The normalized spacial score (nSPS) is 39.2. The third kappa shape index (κ3) is 1.77. The average Bonchev–Trinajstić information content (AvgIpc) is 2.65. The van der Waals surface area contributed by atoms with Crippen LogP contribution in [-0.2, 0) is 14.3 Å². The monoisotopic (exact) mass is 288 g/mol. The Hall–Kier alpha value is -0.340. The van der Waals surface area contributed by atoms with Crippen molar-refractivity contribution in [3.8, 4) is 0 Å². The van der Waals surface area contributed by atoms with E-state index in [1.54, 1.807) is 13.8 Å². The van der Waals surface area contributed by atoms with Gasteiger partial charge in [0.2, 0.25) is 0 Å². The van der Waals surface area contributed by atoms with Crippen LogP contribution in [0.4, 0.5) is 13.2 Å². The molecule has 0 spiro atoms. The first-order valence-corrected chi connectivity index (χ1v) is 7.03. The van der Waals surface area contributed by atoms with Crippen LogP contribution in [-0.4, -0.2) is 30.7 Å². The minimum atomic E-state index is -5.67. The molecular formula is C10H15F3O4S. The lowest BCUT2D eigenvalue weighted by atomic mass is 9.73. The second-order valence-corrected chi connectivity index (χ2v) is 7.25. The predicted molar refractivity (Wildman–Crippen MR) is 55.9 cm³/mol. The molecule has 0 radical (unpaired) electrons. The maximum absolute atomic E-state index is 12.3. The lowest BCUT2D eigenvalue weighted by Gasteiger charge is -2.39. The molecule has 3 atom stereocenters. The summed E-state index contributed by atoms with van der Waals surface area (Å²) in [5.41, 5.74) is -7.69. The molecule has 2 rings (SSSR count). The Kier molecular flexibility index (Phi) is 2.82. The first kappa shape index (κ1) is 14.1. The molecule has 0 saturated heterocycles. The van der Waals surface area contributed by atoms with Gasteiger partial charge in [-0.1, -0.05) is 13.8 Å². The Labute approximate surface area is 103 Å². The summed E-state index contributed by atoms with van der Waals surface area (Å²) < 4.78 is 63.6. The maximum Gasteiger partial charge on any atom is 0.523 e. The predicted octanol–water partition coefficient (Wildman–Crippen LogP) is 1.79. The van der Waals surface area contributed by atoms with E-state index in [9.17, 15) is 26.7 Å². The molecule has 0 aromatic heterocycles. The zero-order valence-electron chi connectivity index (χ0n) is 9.99. The van der Waals surface area contributed by atoms with Gasteiger partial charge < -0.3 is 5.11 Å². The summed E-state index contributed by atoms with van der Waals surface area (Å²) >= 11 is 0. The highest BCUT2D eigenvalue weighted by atomic mass is 32.2. The summed E-state index contributed by atoms with van der Waals surface area (Å²) in [6.07, 6.45) is -0.355. The number of rotatable bonds is 2. The van der Waals surface area contributed by atoms with Crippen LogP contribution in [0.25, 0.3) is 0 Å². The highest BCUT2D eigenvalue weighted by molar-refractivity contribution is 7.87.